The summed E-state index contributed by atoms with van der Waals surface area (Å²) in [7, 11) is 0. The number of rotatable bonds is 7. The molecule has 1 N–H and O–H groups in total. The molecule has 1 aliphatic rings. The van der Waals surface area contributed by atoms with Gasteiger partial charge < -0.3 is 14.8 Å². The molecule has 0 bridgehead atoms. The van der Waals surface area contributed by atoms with E-state index >= 15 is 0 Å². The summed E-state index contributed by atoms with van der Waals surface area (Å²) in [4.78, 5) is 17.3. The number of thioether (sulfide) groups is 1. The fourth-order valence-electron chi connectivity index (χ4n) is 2.48. The molecule has 0 aliphatic carbocycles. The summed E-state index contributed by atoms with van der Waals surface area (Å²) in [5.74, 6) is 0.722. The van der Waals surface area contributed by atoms with Gasteiger partial charge in [-0.25, -0.2) is 4.99 Å². The monoisotopic (exact) mass is 448 g/mol. The van der Waals surface area contributed by atoms with Crippen LogP contribution in [-0.2, 0) is 4.79 Å². The van der Waals surface area contributed by atoms with E-state index in [9.17, 15) is 4.79 Å². The number of ether oxygens (including phenoxy) is 2. The highest BCUT2D eigenvalue weighted by Crippen LogP contribution is 2.38. The molecule has 1 saturated heterocycles. The number of amidine groups is 1. The number of hydrogen-bond donors (Lipinski definition) is 1. The van der Waals surface area contributed by atoms with Gasteiger partial charge in [0.15, 0.2) is 16.7 Å². The summed E-state index contributed by atoms with van der Waals surface area (Å²) in [6, 6.07) is 10.5. The van der Waals surface area contributed by atoms with Crippen molar-refractivity contribution in [3.05, 3.63) is 69.6 Å². The van der Waals surface area contributed by atoms with Crippen LogP contribution in [0.15, 0.2) is 59.0 Å². The molecule has 0 saturated carbocycles. The van der Waals surface area contributed by atoms with Gasteiger partial charge in [0, 0.05) is 5.02 Å². The Kier molecular flexibility index (Phi) is 7.25. The first-order valence-electron chi connectivity index (χ1n) is 8.75. The third-order valence-corrected chi connectivity index (χ3v) is 5.13. The van der Waals surface area contributed by atoms with Crippen LogP contribution < -0.4 is 14.8 Å². The molecule has 1 fully saturated rings. The van der Waals surface area contributed by atoms with Crippen LogP contribution in [-0.4, -0.2) is 24.3 Å². The van der Waals surface area contributed by atoms with E-state index in [0.717, 1.165) is 5.56 Å². The van der Waals surface area contributed by atoms with E-state index in [1.165, 1.54) is 11.8 Å². The fourth-order valence-corrected chi connectivity index (χ4v) is 3.72. The van der Waals surface area contributed by atoms with Crippen LogP contribution in [0.5, 0.6) is 11.5 Å². The molecule has 0 radical (unpaired) electrons. The van der Waals surface area contributed by atoms with Crippen LogP contribution in [0.3, 0.4) is 0 Å². The zero-order valence-electron chi connectivity index (χ0n) is 15.6. The molecular weight excluding hydrogens is 431 g/mol. The van der Waals surface area contributed by atoms with E-state index in [0.29, 0.717) is 50.5 Å². The number of benzene rings is 2. The van der Waals surface area contributed by atoms with Crippen molar-refractivity contribution in [2.24, 2.45) is 4.99 Å². The van der Waals surface area contributed by atoms with E-state index in [-0.39, 0.29) is 5.91 Å². The third-order valence-electron chi connectivity index (χ3n) is 3.68. The Bertz CT molecular complexity index is 988. The van der Waals surface area contributed by atoms with Gasteiger partial charge in [-0.1, -0.05) is 35.9 Å². The van der Waals surface area contributed by atoms with Gasteiger partial charge in [0.25, 0.3) is 5.91 Å². The van der Waals surface area contributed by atoms with Gasteiger partial charge in [-0.15, -0.1) is 0 Å². The molecule has 3 rings (SSSR count). The molecule has 0 aromatic heterocycles. The zero-order chi connectivity index (χ0) is 20.8. The van der Waals surface area contributed by atoms with Crippen LogP contribution in [0.2, 0.25) is 10.0 Å². The average molecular weight is 449 g/mol. The van der Waals surface area contributed by atoms with Gasteiger partial charge in [0.2, 0.25) is 0 Å². The van der Waals surface area contributed by atoms with E-state index in [1.54, 1.807) is 48.6 Å². The van der Waals surface area contributed by atoms with Crippen LogP contribution in [0.1, 0.15) is 12.5 Å². The van der Waals surface area contributed by atoms with Crippen LogP contribution >= 0.6 is 35.0 Å². The summed E-state index contributed by atoms with van der Waals surface area (Å²) in [5, 5.41) is 4.26. The van der Waals surface area contributed by atoms with E-state index in [4.69, 9.17) is 32.7 Å². The van der Waals surface area contributed by atoms with Gasteiger partial charge in [0.05, 0.1) is 22.2 Å². The van der Waals surface area contributed by atoms with E-state index in [1.807, 2.05) is 6.92 Å². The molecule has 0 atom stereocenters. The standard InChI is InChI=1S/C21H18Cl2N2O3S/c1-3-9-28-19-16(23)10-13(11-17(19)27-4-2)12-18-20(26)25-21(29-18)24-15-7-5-14(22)6-8-15/h3,5-8,10-12H,1,4,9H2,2H3,(H,24,25,26)/b18-12-. The highest BCUT2D eigenvalue weighted by atomic mass is 35.5. The summed E-state index contributed by atoms with van der Waals surface area (Å²) >= 11 is 13.5. The summed E-state index contributed by atoms with van der Waals surface area (Å²) in [6.45, 7) is 6.27. The minimum absolute atomic E-state index is 0.233. The summed E-state index contributed by atoms with van der Waals surface area (Å²) in [6.07, 6.45) is 3.36. The lowest BCUT2D eigenvalue weighted by molar-refractivity contribution is -0.115. The predicted octanol–water partition coefficient (Wildman–Crippen LogP) is 5.85. The molecule has 150 valence electrons. The van der Waals surface area contributed by atoms with Gasteiger partial charge >= 0.3 is 0 Å². The Morgan fingerprint density at radius 1 is 1.21 bits per heavy atom. The Labute approximate surface area is 183 Å². The van der Waals surface area contributed by atoms with Crippen molar-refractivity contribution in [3.8, 4) is 11.5 Å². The van der Waals surface area contributed by atoms with Crippen LogP contribution in [0.25, 0.3) is 6.08 Å². The molecule has 1 heterocycles. The first-order chi connectivity index (χ1) is 14.0. The SMILES string of the molecule is C=CCOc1c(Cl)cc(/C=C2\SC(=Nc3ccc(Cl)cc3)NC2=O)cc1OCC. The Morgan fingerprint density at radius 2 is 1.97 bits per heavy atom. The number of amides is 1. The highest BCUT2D eigenvalue weighted by molar-refractivity contribution is 8.18. The second kappa shape index (κ2) is 9.87. The van der Waals surface area contributed by atoms with Crippen molar-refractivity contribution < 1.29 is 14.3 Å². The first-order valence-corrected chi connectivity index (χ1v) is 10.3. The van der Waals surface area contributed by atoms with Crippen molar-refractivity contribution in [1.29, 1.82) is 0 Å². The molecule has 5 nitrogen and oxygen atoms in total. The summed E-state index contributed by atoms with van der Waals surface area (Å²) in [5.41, 5.74) is 1.42. The minimum Gasteiger partial charge on any atom is -0.490 e. The minimum atomic E-state index is -0.233. The number of halogens is 2. The maximum Gasteiger partial charge on any atom is 0.264 e. The van der Waals surface area contributed by atoms with Crippen molar-refractivity contribution in [1.82, 2.24) is 5.32 Å². The van der Waals surface area contributed by atoms with Crippen molar-refractivity contribution in [2.75, 3.05) is 13.2 Å². The highest BCUT2D eigenvalue weighted by Gasteiger charge is 2.24. The Hall–Kier alpha value is -2.41. The number of carbonyl (C=O) groups is 1. The number of hydrogen-bond acceptors (Lipinski definition) is 5. The van der Waals surface area contributed by atoms with Crippen LogP contribution in [0.4, 0.5) is 5.69 Å². The van der Waals surface area contributed by atoms with Gasteiger partial charge in [0.1, 0.15) is 6.61 Å². The third kappa shape index (κ3) is 5.56. The van der Waals surface area contributed by atoms with Gasteiger partial charge in [-0.05, 0) is 66.7 Å². The lowest BCUT2D eigenvalue weighted by Crippen LogP contribution is -2.19. The van der Waals surface area contributed by atoms with Crippen molar-refractivity contribution in [3.63, 3.8) is 0 Å². The Balaban J connectivity index is 1.86. The molecule has 1 amide bonds. The van der Waals surface area contributed by atoms with Crippen LogP contribution in [0, 0.1) is 0 Å². The van der Waals surface area contributed by atoms with Crippen molar-refractivity contribution >= 4 is 57.8 Å². The lowest BCUT2D eigenvalue weighted by Gasteiger charge is -2.13. The first kappa shape index (κ1) is 21.3. The number of nitrogens with one attached hydrogen (secondary N) is 1. The molecule has 0 unspecified atom stereocenters. The smallest absolute Gasteiger partial charge is 0.264 e. The maximum absolute atomic E-state index is 12.3. The molecule has 1 aliphatic heterocycles. The second-order valence-corrected chi connectivity index (χ2v) is 7.70. The largest absolute Gasteiger partial charge is 0.490 e. The zero-order valence-corrected chi connectivity index (χ0v) is 17.9. The molecule has 29 heavy (non-hydrogen) atoms. The summed E-state index contributed by atoms with van der Waals surface area (Å²) < 4.78 is 11.2. The molecular formula is C21H18Cl2N2O3S. The molecule has 2 aromatic rings. The normalized spacial score (nSPS) is 16.2. The number of nitrogens with zero attached hydrogens (tertiary/aromatic N) is 1. The predicted molar refractivity (Wildman–Crippen MR) is 121 cm³/mol. The quantitative estimate of drug-likeness (QED) is 0.426. The molecule has 0 spiro atoms. The number of carbonyl (C=O) groups excluding carboxylic acids is 1. The van der Waals surface area contributed by atoms with Gasteiger partial charge in [-0.3, -0.25) is 4.79 Å². The van der Waals surface area contributed by atoms with Gasteiger partial charge in [-0.2, -0.15) is 0 Å². The maximum atomic E-state index is 12.3. The average Bonchev–Trinajstić information content (AvgIpc) is 3.02. The number of aliphatic imine (C=N–C) groups is 1. The second-order valence-electron chi connectivity index (χ2n) is 5.82. The molecule has 8 heteroatoms. The Morgan fingerprint density at radius 3 is 2.66 bits per heavy atom. The molecule has 2 aromatic carbocycles. The van der Waals surface area contributed by atoms with E-state index < -0.39 is 0 Å². The topological polar surface area (TPSA) is 59.9 Å². The van der Waals surface area contributed by atoms with E-state index in [2.05, 4.69) is 16.9 Å². The van der Waals surface area contributed by atoms with Crippen molar-refractivity contribution in [2.45, 2.75) is 6.92 Å². The fraction of sp³-hybridized carbons (Fsp3) is 0.143. The lowest BCUT2D eigenvalue weighted by atomic mass is 10.2.